The quantitative estimate of drug-likeness (QED) is 0.766. The summed E-state index contributed by atoms with van der Waals surface area (Å²) in [6.45, 7) is 0. The summed E-state index contributed by atoms with van der Waals surface area (Å²) in [5.41, 5.74) is -2.11. The molecule has 2 rings (SSSR count). The summed E-state index contributed by atoms with van der Waals surface area (Å²) in [6.07, 6.45) is -3.71. The molecule has 0 atom stereocenters. The molecule has 0 N–H and O–H groups in total. The van der Waals surface area contributed by atoms with Crippen molar-refractivity contribution >= 4 is 0 Å². The third-order valence-electron chi connectivity index (χ3n) is 2.15. The van der Waals surface area contributed by atoms with Crippen LogP contribution in [0, 0.1) is 0 Å². The van der Waals surface area contributed by atoms with Crippen LogP contribution in [0.15, 0.2) is 47.4 Å². The molecule has 0 bridgehead atoms. The minimum atomic E-state index is -4.67. The van der Waals surface area contributed by atoms with Crippen LogP contribution in [-0.2, 0) is 6.18 Å². The first-order valence-electron chi connectivity index (χ1n) is 4.71. The van der Waals surface area contributed by atoms with Gasteiger partial charge in [0.25, 0.3) is 5.56 Å². The van der Waals surface area contributed by atoms with Gasteiger partial charge in [0.05, 0.1) is 5.69 Å². The van der Waals surface area contributed by atoms with Crippen LogP contribution in [0.25, 0.3) is 5.69 Å². The number of benzene rings is 1. The molecular weight excluding hydrogens is 233 g/mol. The third kappa shape index (κ3) is 2.20. The Hall–Kier alpha value is -2.11. The molecule has 1 heterocycles. The highest BCUT2D eigenvalue weighted by Gasteiger charge is 2.34. The molecule has 6 heteroatoms. The van der Waals surface area contributed by atoms with Gasteiger partial charge in [-0.1, -0.05) is 18.2 Å². The number of aromatic nitrogens is 2. The van der Waals surface area contributed by atoms with E-state index in [1.165, 1.54) is 12.1 Å². The van der Waals surface area contributed by atoms with Crippen LogP contribution >= 0.6 is 0 Å². The molecule has 0 amide bonds. The molecule has 0 saturated heterocycles. The zero-order chi connectivity index (χ0) is 12.5. The lowest BCUT2D eigenvalue weighted by atomic mass is 10.3. The van der Waals surface area contributed by atoms with E-state index in [9.17, 15) is 18.0 Å². The summed E-state index contributed by atoms with van der Waals surface area (Å²) in [4.78, 5) is 11.6. The Labute approximate surface area is 94.1 Å². The van der Waals surface area contributed by atoms with Gasteiger partial charge >= 0.3 is 6.18 Å². The first kappa shape index (κ1) is 11.4. The standard InChI is InChI=1S/C11H7F3N2O/c12-11(13,14)9-6-7-15-16(10(9)17)8-4-2-1-3-5-8/h1-7H. The lowest BCUT2D eigenvalue weighted by Gasteiger charge is -2.08. The van der Waals surface area contributed by atoms with Gasteiger partial charge in [-0.25, -0.2) is 0 Å². The summed E-state index contributed by atoms with van der Waals surface area (Å²) < 4.78 is 38.2. The number of nitrogens with zero attached hydrogens (tertiary/aromatic N) is 2. The second kappa shape index (κ2) is 4.04. The lowest BCUT2D eigenvalue weighted by Crippen LogP contribution is -2.28. The minimum absolute atomic E-state index is 0.295. The van der Waals surface area contributed by atoms with Crippen molar-refractivity contribution in [3.05, 3.63) is 58.5 Å². The molecule has 2 aromatic rings. The number of hydrogen-bond acceptors (Lipinski definition) is 2. The lowest BCUT2D eigenvalue weighted by molar-refractivity contribution is -0.139. The number of alkyl halides is 3. The molecule has 3 nitrogen and oxygen atoms in total. The summed E-state index contributed by atoms with van der Waals surface area (Å²) in [6, 6.07) is 8.61. The van der Waals surface area contributed by atoms with Gasteiger partial charge < -0.3 is 0 Å². The van der Waals surface area contributed by atoms with Crippen LogP contribution in [0.4, 0.5) is 13.2 Å². The molecule has 17 heavy (non-hydrogen) atoms. The largest absolute Gasteiger partial charge is 0.421 e. The number of rotatable bonds is 1. The van der Waals surface area contributed by atoms with Crippen LogP contribution in [-0.4, -0.2) is 9.78 Å². The highest BCUT2D eigenvalue weighted by Crippen LogP contribution is 2.25. The molecular formula is C11H7F3N2O. The molecule has 0 aliphatic heterocycles. The molecule has 0 aliphatic rings. The Balaban J connectivity index is 2.63. The van der Waals surface area contributed by atoms with Gasteiger partial charge in [0.15, 0.2) is 0 Å². The predicted octanol–water partition coefficient (Wildman–Crippen LogP) is 2.25. The van der Waals surface area contributed by atoms with Crippen LogP contribution in [0.3, 0.4) is 0 Å². The molecule has 0 spiro atoms. The maximum absolute atomic E-state index is 12.5. The average Bonchev–Trinajstić information content (AvgIpc) is 2.29. The van der Waals surface area contributed by atoms with E-state index in [-0.39, 0.29) is 0 Å². The van der Waals surface area contributed by atoms with Crippen molar-refractivity contribution in [1.82, 2.24) is 9.78 Å². The number of halogens is 3. The van der Waals surface area contributed by atoms with Gasteiger partial charge in [0, 0.05) is 6.20 Å². The van der Waals surface area contributed by atoms with E-state index in [2.05, 4.69) is 5.10 Å². The van der Waals surface area contributed by atoms with Gasteiger partial charge in [-0.05, 0) is 18.2 Å². The fourth-order valence-corrected chi connectivity index (χ4v) is 1.38. The molecule has 0 fully saturated rings. The van der Waals surface area contributed by atoms with Crippen LogP contribution in [0.1, 0.15) is 5.56 Å². The monoisotopic (exact) mass is 240 g/mol. The van der Waals surface area contributed by atoms with Crippen molar-refractivity contribution in [3.8, 4) is 5.69 Å². The molecule has 1 aromatic heterocycles. The second-order valence-electron chi connectivity index (χ2n) is 3.30. The zero-order valence-electron chi connectivity index (χ0n) is 8.48. The van der Waals surface area contributed by atoms with Gasteiger partial charge in [0.1, 0.15) is 5.56 Å². The number of para-hydroxylation sites is 1. The van der Waals surface area contributed by atoms with Crippen molar-refractivity contribution in [2.45, 2.75) is 6.18 Å². The molecule has 1 aromatic carbocycles. The van der Waals surface area contributed by atoms with E-state index >= 15 is 0 Å². The third-order valence-corrected chi connectivity index (χ3v) is 2.15. The van der Waals surface area contributed by atoms with E-state index in [4.69, 9.17) is 0 Å². The van der Waals surface area contributed by atoms with Gasteiger partial charge in [-0.2, -0.15) is 23.0 Å². The average molecular weight is 240 g/mol. The van der Waals surface area contributed by atoms with Crippen LogP contribution < -0.4 is 5.56 Å². The van der Waals surface area contributed by atoms with Crippen molar-refractivity contribution in [1.29, 1.82) is 0 Å². The Morgan fingerprint density at radius 3 is 2.29 bits per heavy atom. The Kier molecular flexibility index (Phi) is 2.71. The van der Waals surface area contributed by atoms with Crippen LogP contribution in [0.2, 0.25) is 0 Å². The summed E-state index contributed by atoms with van der Waals surface area (Å²) >= 11 is 0. The maximum Gasteiger partial charge on any atom is 0.421 e. The topological polar surface area (TPSA) is 34.9 Å². The Morgan fingerprint density at radius 2 is 1.71 bits per heavy atom. The van der Waals surface area contributed by atoms with E-state index in [0.717, 1.165) is 10.9 Å². The molecule has 0 saturated carbocycles. The first-order valence-corrected chi connectivity index (χ1v) is 4.71. The molecule has 0 radical (unpaired) electrons. The minimum Gasteiger partial charge on any atom is -0.267 e. The Morgan fingerprint density at radius 1 is 1.06 bits per heavy atom. The van der Waals surface area contributed by atoms with Gasteiger partial charge in [-0.15, -0.1) is 0 Å². The smallest absolute Gasteiger partial charge is 0.267 e. The molecule has 88 valence electrons. The fraction of sp³-hybridized carbons (Fsp3) is 0.0909. The van der Waals surface area contributed by atoms with E-state index in [0.29, 0.717) is 11.8 Å². The van der Waals surface area contributed by atoms with Crippen molar-refractivity contribution in [2.75, 3.05) is 0 Å². The highest BCUT2D eigenvalue weighted by molar-refractivity contribution is 5.31. The maximum atomic E-state index is 12.5. The summed E-state index contributed by atoms with van der Waals surface area (Å²) in [5.74, 6) is 0. The summed E-state index contributed by atoms with van der Waals surface area (Å²) in [5, 5.41) is 3.63. The van der Waals surface area contributed by atoms with Crippen molar-refractivity contribution in [3.63, 3.8) is 0 Å². The van der Waals surface area contributed by atoms with Crippen molar-refractivity contribution < 1.29 is 13.2 Å². The van der Waals surface area contributed by atoms with E-state index < -0.39 is 17.3 Å². The second-order valence-corrected chi connectivity index (χ2v) is 3.30. The van der Waals surface area contributed by atoms with E-state index in [1.54, 1.807) is 18.2 Å². The molecule has 0 unspecified atom stereocenters. The van der Waals surface area contributed by atoms with Gasteiger partial charge in [0.2, 0.25) is 0 Å². The Bertz CT molecular complexity index is 575. The normalized spacial score (nSPS) is 11.5. The van der Waals surface area contributed by atoms with Gasteiger partial charge in [-0.3, -0.25) is 4.79 Å². The van der Waals surface area contributed by atoms with Crippen molar-refractivity contribution in [2.24, 2.45) is 0 Å². The molecule has 0 aliphatic carbocycles. The predicted molar refractivity (Wildman–Crippen MR) is 54.8 cm³/mol. The zero-order valence-corrected chi connectivity index (χ0v) is 8.48. The summed E-state index contributed by atoms with van der Waals surface area (Å²) in [7, 11) is 0. The number of hydrogen-bond donors (Lipinski definition) is 0. The van der Waals surface area contributed by atoms with Crippen LogP contribution in [0.5, 0.6) is 0 Å². The van der Waals surface area contributed by atoms with E-state index in [1.807, 2.05) is 0 Å². The SMILES string of the molecule is O=c1c(C(F)(F)F)ccnn1-c1ccccc1. The fourth-order valence-electron chi connectivity index (χ4n) is 1.38. The highest BCUT2D eigenvalue weighted by atomic mass is 19.4. The first-order chi connectivity index (χ1) is 8.00.